The van der Waals surface area contributed by atoms with Gasteiger partial charge in [0.2, 0.25) is 0 Å². The maximum Gasteiger partial charge on any atom is 0.456 e. The summed E-state index contributed by atoms with van der Waals surface area (Å²) in [5.74, 6) is 0.0682. The summed E-state index contributed by atoms with van der Waals surface area (Å²) >= 11 is 0. The first-order chi connectivity index (χ1) is 6.99. The van der Waals surface area contributed by atoms with Crippen LogP contribution in [0.4, 0.5) is 8.78 Å². The lowest BCUT2D eigenvalue weighted by Gasteiger charge is -2.08. The molecule has 0 aliphatic heterocycles. The Morgan fingerprint density at radius 1 is 1.40 bits per heavy atom. The lowest BCUT2D eigenvalue weighted by molar-refractivity contribution is -0.0498. The van der Waals surface area contributed by atoms with Gasteiger partial charge in [-0.15, -0.1) is 0 Å². The monoisotopic (exact) mass is 216 g/mol. The molecule has 0 bridgehead atoms. The topological polar surface area (TPSA) is 49.7 Å². The number of rotatable bonds is 4. The van der Waals surface area contributed by atoms with Crippen LogP contribution >= 0.6 is 0 Å². The SMILES string of the molecule is Cc1cc(OC(F)F)ccc1CB(O)O. The predicted molar refractivity (Wildman–Crippen MR) is 51.7 cm³/mol. The maximum atomic E-state index is 11.9. The third kappa shape index (κ3) is 3.85. The molecule has 0 aliphatic rings. The summed E-state index contributed by atoms with van der Waals surface area (Å²) in [5.41, 5.74) is 1.37. The van der Waals surface area contributed by atoms with Crippen LogP contribution < -0.4 is 4.74 Å². The molecule has 0 atom stereocenters. The van der Waals surface area contributed by atoms with Gasteiger partial charge in [0.15, 0.2) is 0 Å². The van der Waals surface area contributed by atoms with Gasteiger partial charge >= 0.3 is 13.7 Å². The van der Waals surface area contributed by atoms with E-state index in [9.17, 15) is 8.78 Å². The molecule has 0 fully saturated rings. The molecule has 0 saturated heterocycles. The van der Waals surface area contributed by atoms with Crippen LogP contribution in [0.2, 0.25) is 0 Å². The molecule has 0 spiro atoms. The second kappa shape index (κ2) is 5.09. The molecule has 82 valence electrons. The first kappa shape index (κ1) is 11.9. The molecule has 1 aromatic rings. The van der Waals surface area contributed by atoms with E-state index in [0.717, 1.165) is 0 Å². The van der Waals surface area contributed by atoms with Gasteiger partial charge < -0.3 is 14.8 Å². The fraction of sp³-hybridized carbons (Fsp3) is 0.333. The molecular weight excluding hydrogens is 205 g/mol. The van der Waals surface area contributed by atoms with E-state index in [2.05, 4.69) is 4.74 Å². The minimum Gasteiger partial charge on any atom is -0.435 e. The Kier molecular flexibility index (Phi) is 4.05. The Bertz CT molecular complexity index is 331. The number of benzene rings is 1. The fourth-order valence-corrected chi connectivity index (χ4v) is 1.27. The van der Waals surface area contributed by atoms with E-state index in [1.54, 1.807) is 6.92 Å². The summed E-state index contributed by atoms with van der Waals surface area (Å²) in [5, 5.41) is 17.5. The van der Waals surface area contributed by atoms with E-state index in [1.807, 2.05) is 0 Å². The second-order valence-electron chi connectivity index (χ2n) is 3.15. The standard InChI is InChI=1S/C9H11BF2O3/c1-6-4-8(15-9(11)12)3-2-7(6)5-10(13)14/h2-4,9,13-14H,5H2,1H3. The van der Waals surface area contributed by atoms with Crippen LogP contribution in [0.15, 0.2) is 18.2 Å². The van der Waals surface area contributed by atoms with Crippen LogP contribution in [0.25, 0.3) is 0 Å². The van der Waals surface area contributed by atoms with E-state index in [0.29, 0.717) is 11.1 Å². The van der Waals surface area contributed by atoms with Crippen molar-refractivity contribution in [1.82, 2.24) is 0 Å². The van der Waals surface area contributed by atoms with Gasteiger partial charge in [-0.1, -0.05) is 6.07 Å². The lowest BCUT2D eigenvalue weighted by Crippen LogP contribution is -2.16. The number of alkyl halides is 2. The van der Waals surface area contributed by atoms with E-state index in [1.165, 1.54) is 18.2 Å². The smallest absolute Gasteiger partial charge is 0.435 e. The zero-order valence-corrected chi connectivity index (χ0v) is 8.15. The first-order valence-electron chi connectivity index (χ1n) is 4.39. The molecule has 1 rings (SSSR count). The highest BCUT2D eigenvalue weighted by molar-refractivity contribution is 6.40. The molecule has 0 amide bonds. The van der Waals surface area contributed by atoms with Gasteiger partial charge in [0.25, 0.3) is 0 Å². The van der Waals surface area contributed by atoms with Crippen molar-refractivity contribution in [3.63, 3.8) is 0 Å². The molecular formula is C9H11BF2O3. The molecule has 0 aliphatic carbocycles. The number of hydrogen-bond acceptors (Lipinski definition) is 3. The number of aryl methyl sites for hydroxylation is 1. The van der Waals surface area contributed by atoms with Crippen molar-refractivity contribution >= 4 is 7.12 Å². The highest BCUT2D eigenvalue weighted by atomic mass is 19.3. The summed E-state index contributed by atoms with van der Waals surface area (Å²) in [6.45, 7) is -1.16. The predicted octanol–water partition coefficient (Wildman–Crippen LogP) is 1.15. The van der Waals surface area contributed by atoms with Crippen molar-refractivity contribution in [2.75, 3.05) is 0 Å². The van der Waals surface area contributed by atoms with E-state index in [-0.39, 0.29) is 12.1 Å². The minimum atomic E-state index is -2.85. The molecule has 3 nitrogen and oxygen atoms in total. The molecule has 0 unspecified atom stereocenters. The van der Waals surface area contributed by atoms with Crippen LogP contribution in [0, 0.1) is 6.92 Å². The summed E-state index contributed by atoms with van der Waals surface area (Å²) in [4.78, 5) is 0. The Morgan fingerprint density at radius 2 is 2.07 bits per heavy atom. The van der Waals surface area contributed by atoms with Gasteiger partial charge in [-0.05, 0) is 30.2 Å². The van der Waals surface area contributed by atoms with Crippen LogP contribution in [-0.2, 0) is 6.32 Å². The second-order valence-corrected chi connectivity index (χ2v) is 3.15. The normalized spacial score (nSPS) is 10.5. The quantitative estimate of drug-likeness (QED) is 0.742. The van der Waals surface area contributed by atoms with Gasteiger partial charge in [0.05, 0.1) is 0 Å². The summed E-state index contributed by atoms with van der Waals surface area (Å²) < 4.78 is 27.9. The summed E-state index contributed by atoms with van der Waals surface area (Å²) in [7, 11) is -1.44. The molecule has 1 aromatic carbocycles. The molecule has 0 radical (unpaired) electrons. The van der Waals surface area contributed by atoms with Crippen molar-refractivity contribution in [2.24, 2.45) is 0 Å². The van der Waals surface area contributed by atoms with Crippen LogP contribution in [-0.4, -0.2) is 23.8 Å². The van der Waals surface area contributed by atoms with E-state index < -0.39 is 13.7 Å². The number of hydrogen-bond donors (Lipinski definition) is 2. The van der Waals surface area contributed by atoms with Gasteiger partial charge in [-0.3, -0.25) is 0 Å². The van der Waals surface area contributed by atoms with Crippen molar-refractivity contribution in [3.05, 3.63) is 29.3 Å². The first-order valence-corrected chi connectivity index (χ1v) is 4.39. The maximum absolute atomic E-state index is 11.9. The van der Waals surface area contributed by atoms with E-state index >= 15 is 0 Å². The van der Waals surface area contributed by atoms with E-state index in [4.69, 9.17) is 10.0 Å². The molecule has 0 aromatic heterocycles. The number of ether oxygens (including phenoxy) is 1. The summed E-state index contributed by atoms with van der Waals surface area (Å²) in [6, 6.07) is 4.34. The highest BCUT2D eigenvalue weighted by Crippen LogP contribution is 2.19. The molecule has 0 heterocycles. The Morgan fingerprint density at radius 3 is 2.53 bits per heavy atom. The third-order valence-corrected chi connectivity index (χ3v) is 1.94. The highest BCUT2D eigenvalue weighted by Gasteiger charge is 2.11. The molecule has 0 saturated carbocycles. The zero-order chi connectivity index (χ0) is 11.4. The van der Waals surface area contributed by atoms with Crippen molar-refractivity contribution < 1.29 is 23.6 Å². The van der Waals surface area contributed by atoms with Gasteiger partial charge in [-0.2, -0.15) is 8.78 Å². The molecule has 6 heteroatoms. The Hall–Kier alpha value is -1.14. The average Bonchev–Trinajstić information content (AvgIpc) is 2.08. The lowest BCUT2D eigenvalue weighted by atomic mass is 9.80. The molecule has 15 heavy (non-hydrogen) atoms. The molecule has 2 N–H and O–H groups in total. The van der Waals surface area contributed by atoms with Crippen LogP contribution in [0.5, 0.6) is 5.75 Å². The average molecular weight is 216 g/mol. The van der Waals surface area contributed by atoms with Crippen molar-refractivity contribution in [1.29, 1.82) is 0 Å². The van der Waals surface area contributed by atoms with Crippen LogP contribution in [0.3, 0.4) is 0 Å². The van der Waals surface area contributed by atoms with Gasteiger partial charge in [0, 0.05) is 6.32 Å². The summed E-state index contributed by atoms with van der Waals surface area (Å²) in [6.07, 6.45) is 0.0702. The number of halogens is 2. The van der Waals surface area contributed by atoms with Crippen LogP contribution in [0.1, 0.15) is 11.1 Å². The van der Waals surface area contributed by atoms with Gasteiger partial charge in [-0.25, -0.2) is 0 Å². The van der Waals surface area contributed by atoms with Gasteiger partial charge in [0.1, 0.15) is 5.75 Å². The van der Waals surface area contributed by atoms with Crippen molar-refractivity contribution in [2.45, 2.75) is 19.9 Å². The largest absolute Gasteiger partial charge is 0.456 e. The minimum absolute atomic E-state index is 0.0682. The zero-order valence-electron chi connectivity index (χ0n) is 8.15. The Labute approximate surface area is 86.5 Å². The fourth-order valence-electron chi connectivity index (χ4n) is 1.27. The third-order valence-electron chi connectivity index (χ3n) is 1.94. The Balaban J connectivity index is 2.78. The van der Waals surface area contributed by atoms with Crippen molar-refractivity contribution in [3.8, 4) is 5.75 Å².